The van der Waals surface area contributed by atoms with E-state index in [4.69, 9.17) is 4.74 Å². The molecular formula is C19H29N3O2. The Bertz CT molecular complexity index is 554. The highest BCUT2D eigenvalue weighted by atomic mass is 16.5. The maximum atomic E-state index is 11.8. The van der Waals surface area contributed by atoms with Crippen LogP contribution in [0, 0.1) is 0 Å². The van der Waals surface area contributed by atoms with Crippen LogP contribution in [-0.4, -0.2) is 49.6 Å². The molecule has 1 fully saturated rings. The molecule has 2 aliphatic rings. The molecule has 0 atom stereocenters. The topological polar surface area (TPSA) is 53.6 Å². The third-order valence-corrected chi connectivity index (χ3v) is 4.88. The molecule has 0 saturated carbocycles. The Balaban J connectivity index is 1.37. The highest BCUT2D eigenvalue weighted by Gasteiger charge is 2.20. The summed E-state index contributed by atoms with van der Waals surface area (Å²) in [5.74, 6) is 1.21. The number of fused-ring (bicyclic) bond motifs is 1. The monoisotopic (exact) mass is 331 g/mol. The Kier molecular flexibility index (Phi) is 6.10. The largest absolute Gasteiger partial charge is 0.493 e. The summed E-state index contributed by atoms with van der Waals surface area (Å²) in [5.41, 5.74) is 2.67. The fourth-order valence-electron chi connectivity index (χ4n) is 3.43. The van der Waals surface area contributed by atoms with Crippen molar-refractivity contribution >= 4 is 5.91 Å². The van der Waals surface area contributed by atoms with Gasteiger partial charge in [0, 0.05) is 38.6 Å². The third-order valence-electron chi connectivity index (χ3n) is 4.88. The van der Waals surface area contributed by atoms with E-state index in [-0.39, 0.29) is 5.91 Å². The first-order valence-electron chi connectivity index (χ1n) is 9.21. The van der Waals surface area contributed by atoms with Crippen molar-refractivity contribution in [2.75, 3.05) is 32.8 Å². The van der Waals surface area contributed by atoms with Crippen molar-refractivity contribution in [1.82, 2.24) is 15.5 Å². The second-order valence-corrected chi connectivity index (χ2v) is 6.82. The van der Waals surface area contributed by atoms with Crippen molar-refractivity contribution in [3.8, 4) is 5.75 Å². The molecule has 2 N–H and O–H groups in total. The van der Waals surface area contributed by atoms with E-state index >= 15 is 0 Å². The van der Waals surface area contributed by atoms with Crippen molar-refractivity contribution in [2.24, 2.45) is 0 Å². The van der Waals surface area contributed by atoms with Crippen LogP contribution in [0.4, 0.5) is 0 Å². The summed E-state index contributed by atoms with van der Waals surface area (Å²) in [4.78, 5) is 14.0. The van der Waals surface area contributed by atoms with Gasteiger partial charge in [-0.3, -0.25) is 9.69 Å². The number of rotatable bonds is 7. The van der Waals surface area contributed by atoms with Crippen LogP contribution in [0.25, 0.3) is 0 Å². The maximum Gasteiger partial charge on any atom is 0.234 e. The van der Waals surface area contributed by atoms with Gasteiger partial charge >= 0.3 is 0 Å². The van der Waals surface area contributed by atoms with Crippen molar-refractivity contribution in [1.29, 1.82) is 0 Å². The summed E-state index contributed by atoms with van der Waals surface area (Å²) >= 11 is 0. The maximum absolute atomic E-state index is 11.8. The lowest BCUT2D eigenvalue weighted by Gasteiger charge is -2.32. The molecule has 0 bridgehead atoms. The summed E-state index contributed by atoms with van der Waals surface area (Å²) in [5, 5.41) is 6.62. The van der Waals surface area contributed by atoms with Crippen molar-refractivity contribution in [3.05, 3.63) is 29.3 Å². The molecule has 1 saturated heterocycles. The van der Waals surface area contributed by atoms with Gasteiger partial charge in [-0.05, 0) is 36.5 Å². The van der Waals surface area contributed by atoms with Gasteiger partial charge in [-0.1, -0.05) is 19.1 Å². The molecule has 1 aromatic rings. The van der Waals surface area contributed by atoms with Crippen molar-refractivity contribution in [3.63, 3.8) is 0 Å². The zero-order chi connectivity index (χ0) is 16.8. The molecule has 2 aliphatic heterocycles. The third kappa shape index (κ3) is 4.71. The van der Waals surface area contributed by atoms with Gasteiger partial charge in [0.15, 0.2) is 0 Å². The van der Waals surface area contributed by atoms with E-state index in [0.29, 0.717) is 12.6 Å². The van der Waals surface area contributed by atoms with E-state index in [2.05, 4.69) is 40.7 Å². The number of amides is 1. The van der Waals surface area contributed by atoms with Crippen LogP contribution in [0.2, 0.25) is 0 Å². The van der Waals surface area contributed by atoms with Crippen LogP contribution in [-0.2, 0) is 17.8 Å². The molecule has 0 aromatic heterocycles. The van der Waals surface area contributed by atoms with Crippen LogP contribution in [0.3, 0.4) is 0 Å². The lowest BCUT2D eigenvalue weighted by atomic mass is 10.0. The van der Waals surface area contributed by atoms with Gasteiger partial charge in [0.1, 0.15) is 5.75 Å². The smallest absolute Gasteiger partial charge is 0.234 e. The predicted octanol–water partition coefficient (Wildman–Crippen LogP) is 1.70. The van der Waals surface area contributed by atoms with Crippen LogP contribution in [0.15, 0.2) is 18.2 Å². The Hall–Kier alpha value is -1.59. The molecule has 2 heterocycles. The number of benzene rings is 1. The summed E-state index contributed by atoms with van der Waals surface area (Å²) in [7, 11) is 0. The zero-order valence-corrected chi connectivity index (χ0v) is 14.6. The second-order valence-electron chi connectivity index (χ2n) is 6.82. The van der Waals surface area contributed by atoms with E-state index < -0.39 is 0 Å². The number of carbonyl (C=O) groups is 1. The van der Waals surface area contributed by atoms with Gasteiger partial charge in [0.25, 0.3) is 0 Å². The fraction of sp³-hybridized carbons (Fsp3) is 0.632. The number of hydrogen-bond donors (Lipinski definition) is 2. The van der Waals surface area contributed by atoms with Gasteiger partial charge in [-0.25, -0.2) is 0 Å². The Morgan fingerprint density at radius 3 is 2.96 bits per heavy atom. The number of nitrogens with zero attached hydrogens (tertiary/aromatic N) is 1. The van der Waals surface area contributed by atoms with Crippen molar-refractivity contribution in [2.45, 2.75) is 45.2 Å². The molecule has 3 rings (SSSR count). The number of likely N-dealkylation sites (tertiary alicyclic amines) is 1. The molecule has 24 heavy (non-hydrogen) atoms. The van der Waals surface area contributed by atoms with Crippen LogP contribution < -0.4 is 15.4 Å². The zero-order valence-electron chi connectivity index (χ0n) is 14.6. The molecule has 0 spiro atoms. The second kappa shape index (κ2) is 8.49. The lowest BCUT2D eigenvalue weighted by Crippen LogP contribution is -2.46. The summed E-state index contributed by atoms with van der Waals surface area (Å²) in [6.45, 7) is 7.11. The normalized spacial score (nSPS) is 18.2. The quantitative estimate of drug-likeness (QED) is 0.798. The summed E-state index contributed by atoms with van der Waals surface area (Å²) < 4.78 is 5.56. The van der Waals surface area contributed by atoms with Crippen LogP contribution in [0.5, 0.6) is 5.75 Å². The standard InChI is InChI=1S/C19H29N3O2/c1-2-8-20-19(23)14-22-9-5-17(6-10-22)21-13-15-3-4-18-16(12-15)7-11-24-18/h3-4,12,17,21H,2,5-11,13-14H2,1H3,(H,20,23). The Morgan fingerprint density at radius 1 is 1.33 bits per heavy atom. The minimum Gasteiger partial charge on any atom is -0.493 e. The number of carbonyl (C=O) groups excluding carboxylic acids is 1. The molecule has 5 nitrogen and oxygen atoms in total. The van der Waals surface area contributed by atoms with Gasteiger partial charge in [0.05, 0.1) is 13.2 Å². The number of hydrogen-bond acceptors (Lipinski definition) is 4. The molecule has 1 amide bonds. The van der Waals surface area contributed by atoms with E-state index in [9.17, 15) is 4.79 Å². The first kappa shape index (κ1) is 17.2. The van der Waals surface area contributed by atoms with E-state index in [1.165, 1.54) is 11.1 Å². The Labute approximate surface area is 144 Å². The SMILES string of the molecule is CCCNC(=O)CN1CCC(NCc2ccc3c(c2)CCO3)CC1. The lowest BCUT2D eigenvalue weighted by molar-refractivity contribution is -0.122. The van der Waals surface area contributed by atoms with Crippen LogP contribution >= 0.6 is 0 Å². The fourth-order valence-corrected chi connectivity index (χ4v) is 3.43. The molecule has 5 heteroatoms. The Morgan fingerprint density at radius 2 is 2.17 bits per heavy atom. The highest BCUT2D eigenvalue weighted by molar-refractivity contribution is 5.77. The first-order chi connectivity index (χ1) is 11.7. The molecule has 0 unspecified atom stereocenters. The van der Waals surface area contributed by atoms with Gasteiger partial charge in [0.2, 0.25) is 5.91 Å². The number of nitrogens with one attached hydrogen (secondary N) is 2. The molecular weight excluding hydrogens is 302 g/mol. The molecule has 1 aromatic carbocycles. The molecule has 132 valence electrons. The predicted molar refractivity (Wildman–Crippen MR) is 95.2 cm³/mol. The average molecular weight is 331 g/mol. The molecule has 0 radical (unpaired) electrons. The number of ether oxygens (including phenoxy) is 1. The highest BCUT2D eigenvalue weighted by Crippen LogP contribution is 2.25. The van der Waals surface area contributed by atoms with E-state index in [1.807, 2.05) is 0 Å². The van der Waals surface area contributed by atoms with Gasteiger partial charge in [-0.15, -0.1) is 0 Å². The van der Waals surface area contributed by atoms with E-state index in [1.54, 1.807) is 0 Å². The molecule has 0 aliphatic carbocycles. The summed E-state index contributed by atoms with van der Waals surface area (Å²) in [6, 6.07) is 7.06. The number of piperidine rings is 1. The minimum atomic E-state index is 0.156. The van der Waals surface area contributed by atoms with E-state index in [0.717, 1.165) is 64.2 Å². The van der Waals surface area contributed by atoms with Gasteiger partial charge < -0.3 is 15.4 Å². The minimum absolute atomic E-state index is 0.156. The average Bonchev–Trinajstić information content (AvgIpc) is 3.07. The van der Waals surface area contributed by atoms with Crippen LogP contribution in [0.1, 0.15) is 37.3 Å². The summed E-state index contributed by atoms with van der Waals surface area (Å²) in [6.07, 6.45) is 4.23. The first-order valence-corrected chi connectivity index (χ1v) is 9.21. The van der Waals surface area contributed by atoms with Crippen molar-refractivity contribution < 1.29 is 9.53 Å². The van der Waals surface area contributed by atoms with Gasteiger partial charge in [-0.2, -0.15) is 0 Å².